The summed E-state index contributed by atoms with van der Waals surface area (Å²) in [7, 11) is -1.27. The Kier molecular flexibility index (Phi) is 15.3. The van der Waals surface area contributed by atoms with Crippen LogP contribution in [0.5, 0.6) is 0 Å². The number of benzene rings is 2. The molecule has 56 heavy (non-hydrogen) atoms. The number of carbonyl (C=O) groups excluding carboxylic acids is 1. The second-order valence-electron chi connectivity index (χ2n) is 16.9. The number of fused-ring (bicyclic) bond motifs is 2. The quantitative estimate of drug-likeness (QED) is 0.0649. The average Bonchev–Trinajstić information content (AvgIpc) is 3.52. The van der Waals surface area contributed by atoms with Crippen LogP contribution in [-0.4, -0.2) is 76.7 Å². The molecule has 0 aliphatic carbocycles. The summed E-state index contributed by atoms with van der Waals surface area (Å²) in [5, 5.41) is 9.03. The minimum Gasteiger partial charge on any atom is -0.344 e. The van der Waals surface area contributed by atoms with E-state index in [0.717, 1.165) is 45.2 Å². The van der Waals surface area contributed by atoms with Gasteiger partial charge in [-0.25, -0.2) is 4.67 Å². The van der Waals surface area contributed by atoms with Crippen molar-refractivity contribution < 1.29 is 18.4 Å². The third-order valence-electron chi connectivity index (χ3n) is 11.6. The number of nitriles is 1. The predicted molar refractivity (Wildman–Crippen MR) is 232 cm³/mol. The van der Waals surface area contributed by atoms with Crippen LogP contribution < -0.4 is 4.90 Å². The summed E-state index contributed by atoms with van der Waals surface area (Å²) >= 11 is 0. The summed E-state index contributed by atoms with van der Waals surface area (Å²) in [6, 6.07) is 20.3. The van der Waals surface area contributed by atoms with Crippen molar-refractivity contribution >= 4 is 31.5 Å². The number of unbranched alkanes of at least 4 members (excludes halogenated alkanes) is 2. The van der Waals surface area contributed by atoms with Crippen molar-refractivity contribution in [2.45, 2.75) is 136 Å². The van der Waals surface area contributed by atoms with Gasteiger partial charge >= 0.3 is 0 Å². The highest BCUT2D eigenvalue weighted by Gasteiger charge is 2.44. The Hall–Kier alpha value is -3.60. The first kappa shape index (κ1) is 43.5. The van der Waals surface area contributed by atoms with Crippen LogP contribution >= 0.6 is 8.53 Å². The molecule has 9 heteroatoms. The van der Waals surface area contributed by atoms with Crippen LogP contribution in [0.3, 0.4) is 0 Å². The van der Waals surface area contributed by atoms with E-state index in [1.54, 1.807) is 0 Å². The number of carbonyl (C=O) groups is 1. The van der Waals surface area contributed by atoms with Gasteiger partial charge in [0.05, 0.1) is 30.6 Å². The lowest BCUT2D eigenvalue weighted by molar-refractivity contribution is -0.438. The molecule has 1 amide bonds. The maximum Gasteiger partial charge on any atom is 0.259 e. The molecule has 2 aromatic rings. The highest BCUT2D eigenvalue weighted by atomic mass is 31.2. The zero-order valence-corrected chi connectivity index (χ0v) is 36.5. The van der Waals surface area contributed by atoms with E-state index in [1.165, 1.54) is 33.9 Å². The first-order chi connectivity index (χ1) is 26.8. The van der Waals surface area contributed by atoms with E-state index in [4.69, 9.17) is 14.3 Å². The molecule has 2 aromatic carbocycles. The summed E-state index contributed by atoms with van der Waals surface area (Å²) in [6.45, 7) is 23.8. The SMILES string of the molecule is CCN1/C(=C/C=C/C=C/C2=[N+](CCCCCC(=O)N3CCC(OP(OCCC#N)N(C(C)C)C(C)C)CC3)c3ccccc3C2(C)C)C(C)(C)c2ccccc21. The monoisotopic (exact) mass is 780 g/mol. The Bertz CT molecular complexity index is 1800. The molecule has 302 valence electrons. The smallest absolute Gasteiger partial charge is 0.259 e. The number of hydrogen-bond donors (Lipinski definition) is 0. The molecule has 0 aromatic heterocycles. The molecule has 0 spiro atoms. The average molecular weight is 781 g/mol. The topological polar surface area (TPSA) is 72.0 Å². The highest BCUT2D eigenvalue weighted by molar-refractivity contribution is 7.44. The van der Waals surface area contributed by atoms with E-state index in [9.17, 15) is 4.79 Å². The number of nitrogens with zero attached hydrogens (tertiary/aromatic N) is 5. The van der Waals surface area contributed by atoms with E-state index in [1.807, 2.05) is 4.90 Å². The number of likely N-dealkylation sites (N-methyl/N-ethyl adjacent to an activating group) is 1. The lowest BCUT2D eigenvalue weighted by Crippen LogP contribution is -2.41. The minimum absolute atomic E-state index is 0.0406. The fourth-order valence-electron chi connectivity index (χ4n) is 8.73. The van der Waals surface area contributed by atoms with Crippen LogP contribution in [0, 0.1) is 11.3 Å². The number of likely N-dealkylation sites (tertiary alicyclic amines) is 1. The van der Waals surface area contributed by atoms with Crippen LogP contribution in [0.4, 0.5) is 11.4 Å². The second-order valence-corrected chi connectivity index (χ2v) is 18.3. The first-order valence-electron chi connectivity index (χ1n) is 21.0. The lowest BCUT2D eigenvalue weighted by Gasteiger charge is -2.39. The Morgan fingerprint density at radius 1 is 0.946 bits per heavy atom. The van der Waals surface area contributed by atoms with Gasteiger partial charge in [0.15, 0.2) is 5.71 Å². The number of hydrogen-bond acceptors (Lipinski definition) is 6. The molecule has 0 N–H and O–H groups in total. The first-order valence-corrected chi connectivity index (χ1v) is 22.2. The summed E-state index contributed by atoms with van der Waals surface area (Å²) in [6.07, 6.45) is 16.6. The standard InChI is InChI=1S/C47H67N5O3P/c1-10-50-41-24-18-16-22-39(41)46(6,7)43(50)26-13-11-14-27-44-47(8,9)40-23-17-19-25-42(40)51(44)32-20-12-15-28-45(53)49-33-29-38(30-34-49)55-56(54-35-21-31-48)52(36(2)3)37(4)5/h11,13-14,16-19,22-27,36-38H,10,12,15,20-21,28-30,32-35H2,1-9H3/q+1. The van der Waals surface area contributed by atoms with Crippen molar-refractivity contribution in [1.29, 1.82) is 5.26 Å². The van der Waals surface area contributed by atoms with Crippen LogP contribution in [0.2, 0.25) is 0 Å². The maximum absolute atomic E-state index is 13.3. The Balaban J connectivity index is 1.14. The number of para-hydroxylation sites is 2. The maximum atomic E-state index is 13.3. The fourth-order valence-corrected chi connectivity index (χ4v) is 10.5. The van der Waals surface area contributed by atoms with Gasteiger partial charge in [0, 0.05) is 79.1 Å². The van der Waals surface area contributed by atoms with Gasteiger partial charge in [-0.1, -0.05) is 68.5 Å². The van der Waals surface area contributed by atoms with Crippen LogP contribution in [0.25, 0.3) is 0 Å². The molecule has 8 nitrogen and oxygen atoms in total. The van der Waals surface area contributed by atoms with E-state index < -0.39 is 8.53 Å². The third-order valence-corrected chi connectivity index (χ3v) is 13.8. The molecule has 3 heterocycles. The lowest BCUT2D eigenvalue weighted by atomic mass is 9.81. The van der Waals surface area contributed by atoms with Crippen LogP contribution in [0.1, 0.15) is 118 Å². The zero-order valence-electron chi connectivity index (χ0n) is 35.6. The molecule has 3 aliphatic rings. The van der Waals surface area contributed by atoms with Gasteiger partial charge in [0.2, 0.25) is 11.6 Å². The van der Waals surface area contributed by atoms with Gasteiger partial charge in [-0.05, 0) is 91.9 Å². The Morgan fingerprint density at radius 3 is 2.30 bits per heavy atom. The number of rotatable bonds is 18. The Morgan fingerprint density at radius 2 is 1.62 bits per heavy atom. The minimum atomic E-state index is -1.27. The van der Waals surface area contributed by atoms with Gasteiger partial charge in [0.25, 0.3) is 8.53 Å². The molecular weight excluding hydrogens is 714 g/mol. The van der Waals surface area contributed by atoms with Crippen molar-refractivity contribution in [1.82, 2.24) is 9.57 Å². The molecule has 0 bridgehead atoms. The van der Waals surface area contributed by atoms with E-state index in [0.29, 0.717) is 32.5 Å². The summed E-state index contributed by atoms with van der Waals surface area (Å²) in [5.74, 6) is 0.249. The molecule has 3 aliphatic heterocycles. The molecule has 1 unspecified atom stereocenters. The van der Waals surface area contributed by atoms with Gasteiger partial charge in [-0.3, -0.25) is 4.79 Å². The summed E-state index contributed by atoms with van der Waals surface area (Å²) in [5.41, 5.74) is 7.84. The van der Waals surface area contributed by atoms with Gasteiger partial charge in [-0.15, -0.1) is 0 Å². The van der Waals surface area contributed by atoms with Crippen LogP contribution in [-0.2, 0) is 24.7 Å². The normalized spacial score (nSPS) is 19.3. The second kappa shape index (κ2) is 19.7. The van der Waals surface area contributed by atoms with Crippen molar-refractivity contribution in [2.24, 2.45) is 0 Å². The Labute approximate surface area is 339 Å². The summed E-state index contributed by atoms with van der Waals surface area (Å²) < 4.78 is 17.4. The zero-order chi connectivity index (χ0) is 40.5. The molecule has 0 radical (unpaired) electrons. The van der Waals surface area contributed by atoms with Crippen LogP contribution in [0.15, 0.2) is 84.6 Å². The molecule has 1 saturated heterocycles. The van der Waals surface area contributed by atoms with Crippen molar-refractivity contribution in [3.63, 3.8) is 0 Å². The van der Waals surface area contributed by atoms with E-state index >= 15 is 0 Å². The molecule has 5 rings (SSSR count). The van der Waals surface area contributed by atoms with E-state index in [2.05, 4.69) is 161 Å². The van der Waals surface area contributed by atoms with Gasteiger partial charge < -0.3 is 18.8 Å². The molecule has 1 atom stereocenters. The van der Waals surface area contributed by atoms with Crippen molar-refractivity contribution in [3.05, 3.63) is 95.7 Å². The number of piperidine rings is 1. The van der Waals surface area contributed by atoms with Gasteiger partial charge in [0.1, 0.15) is 6.54 Å². The fraction of sp³-hybridized carbons (Fsp3) is 0.553. The van der Waals surface area contributed by atoms with E-state index in [-0.39, 0.29) is 34.9 Å². The number of allylic oxidation sites excluding steroid dienone is 6. The molecular formula is C47H67N5O3P+. The molecule has 0 saturated carbocycles. The largest absolute Gasteiger partial charge is 0.344 e. The summed E-state index contributed by atoms with van der Waals surface area (Å²) in [4.78, 5) is 17.7. The highest BCUT2D eigenvalue weighted by Crippen LogP contribution is 2.49. The van der Waals surface area contributed by atoms with Crippen molar-refractivity contribution in [2.75, 3.05) is 37.7 Å². The third kappa shape index (κ3) is 9.91. The van der Waals surface area contributed by atoms with Crippen molar-refractivity contribution in [3.8, 4) is 6.07 Å². The number of anilines is 1. The number of amides is 1. The molecule has 1 fully saturated rings. The van der Waals surface area contributed by atoms with Gasteiger partial charge in [-0.2, -0.15) is 9.84 Å². The predicted octanol–water partition coefficient (Wildman–Crippen LogP) is 10.7.